The maximum absolute atomic E-state index is 11.7. The van der Waals surface area contributed by atoms with Crippen molar-refractivity contribution in [1.82, 2.24) is 5.32 Å². The summed E-state index contributed by atoms with van der Waals surface area (Å²) >= 11 is 0. The molecule has 0 heterocycles. The van der Waals surface area contributed by atoms with Crippen molar-refractivity contribution in [3.63, 3.8) is 0 Å². The van der Waals surface area contributed by atoms with Crippen LogP contribution in [0.5, 0.6) is 5.75 Å². The van der Waals surface area contributed by atoms with E-state index in [-0.39, 0.29) is 24.5 Å². The Labute approximate surface area is 201 Å². The van der Waals surface area contributed by atoms with Crippen molar-refractivity contribution in [2.45, 2.75) is 45.3 Å². The van der Waals surface area contributed by atoms with Crippen LogP contribution in [0.15, 0.2) is 60.7 Å². The number of carbonyl (C=O) groups is 1. The van der Waals surface area contributed by atoms with Gasteiger partial charge in [-0.1, -0.05) is 48.5 Å². The van der Waals surface area contributed by atoms with Gasteiger partial charge >= 0.3 is 5.97 Å². The Morgan fingerprint density at radius 1 is 1.09 bits per heavy atom. The SMILES string of the molecule is CCOC(=O)Cc1ccc(OC[C@H](O)CNC(C)(C)Cc2ccc3ccccc3c2)c(C#N)c1. The lowest BCUT2D eigenvalue weighted by atomic mass is 9.93. The van der Waals surface area contributed by atoms with Gasteiger partial charge in [0.1, 0.15) is 24.5 Å². The molecule has 0 fully saturated rings. The van der Waals surface area contributed by atoms with Crippen molar-refractivity contribution in [2.75, 3.05) is 19.8 Å². The summed E-state index contributed by atoms with van der Waals surface area (Å²) in [7, 11) is 0. The summed E-state index contributed by atoms with van der Waals surface area (Å²) in [6.45, 7) is 6.67. The minimum atomic E-state index is -0.748. The summed E-state index contributed by atoms with van der Waals surface area (Å²) in [5.41, 5.74) is 2.00. The van der Waals surface area contributed by atoms with E-state index < -0.39 is 6.10 Å². The molecule has 0 aliphatic heterocycles. The van der Waals surface area contributed by atoms with Crippen molar-refractivity contribution in [3.8, 4) is 11.8 Å². The van der Waals surface area contributed by atoms with Gasteiger partial charge in [-0.25, -0.2) is 0 Å². The van der Waals surface area contributed by atoms with E-state index >= 15 is 0 Å². The van der Waals surface area contributed by atoms with Crippen molar-refractivity contribution in [1.29, 1.82) is 5.26 Å². The Hall–Kier alpha value is -3.40. The van der Waals surface area contributed by atoms with Crippen molar-refractivity contribution in [3.05, 3.63) is 77.4 Å². The minimum absolute atomic E-state index is 0.0466. The van der Waals surface area contributed by atoms with Gasteiger partial charge in [0.2, 0.25) is 0 Å². The summed E-state index contributed by atoms with van der Waals surface area (Å²) in [6, 6.07) is 21.8. The first-order valence-corrected chi connectivity index (χ1v) is 11.5. The van der Waals surface area contributed by atoms with E-state index in [0.717, 1.165) is 6.42 Å². The average Bonchev–Trinajstić information content (AvgIpc) is 2.81. The van der Waals surface area contributed by atoms with E-state index in [1.807, 2.05) is 12.1 Å². The molecule has 0 spiro atoms. The first-order chi connectivity index (χ1) is 16.3. The molecule has 6 nitrogen and oxygen atoms in total. The van der Waals surface area contributed by atoms with Gasteiger partial charge in [-0.2, -0.15) is 5.26 Å². The molecule has 3 aromatic rings. The van der Waals surface area contributed by atoms with E-state index in [4.69, 9.17) is 9.47 Å². The largest absolute Gasteiger partial charge is 0.489 e. The fraction of sp³-hybridized carbons (Fsp3) is 0.357. The molecule has 0 amide bonds. The minimum Gasteiger partial charge on any atom is -0.489 e. The maximum Gasteiger partial charge on any atom is 0.310 e. The average molecular weight is 461 g/mol. The number of hydrogen-bond donors (Lipinski definition) is 2. The molecule has 0 radical (unpaired) electrons. The van der Waals surface area contributed by atoms with Crippen LogP contribution in [0.3, 0.4) is 0 Å². The van der Waals surface area contributed by atoms with Crippen molar-refractivity contribution in [2.24, 2.45) is 0 Å². The molecule has 0 bridgehead atoms. The zero-order chi connectivity index (χ0) is 24.6. The Morgan fingerprint density at radius 2 is 1.82 bits per heavy atom. The molecule has 2 N–H and O–H groups in total. The molecule has 178 valence electrons. The quantitative estimate of drug-likeness (QED) is 0.418. The van der Waals surface area contributed by atoms with E-state index in [1.54, 1.807) is 25.1 Å². The number of nitriles is 1. The molecule has 1 atom stereocenters. The topological polar surface area (TPSA) is 91.6 Å². The third-order valence-electron chi connectivity index (χ3n) is 5.53. The van der Waals surface area contributed by atoms with Crippen LogP contribution < -0.4 is 10.1 Å². The third kappa shape index (κ3) is 7.31. The molecule has 0 aromatic heterocycles. The zero-order valence-corrected chi connectivity index (χ0v) is 20.0. The molecule has 3 aromatic carbocycles. The van der Waals surface area contributed by atoms with E-state index in [1.165, 1.54) is 16.3 Å². The summed E-state index contributed by atoms with van der Waals surface area (Å²) < 4.78 is 10.6. The van der Waals surface area contributed by atoms with Crippen LogP contribution in [0.1, 0.15) is 37.5 Å². The number of nitrogens with one attached hydrogen (secondary N) is 1. The number of carbonyl (C=O) groups excluding carboxylic acids is 1. The Bertz CT molecular complexity index is 1170. The highest BCUT2D eigenvalue weighted by Crippen LogP contribution is 2.21. The van der Waals surface area contributed by atoms with Crippen LogP contribution in [0.25, 0.3) is 10.8 Å². The van der Waals surface area contributed by atoms with E-state index in [2.05, 4.69) is 55.6 Å². The zero-order valence-electron chi connectivity index (χ0n) is 20.0. The highest BCUT2D eigenvalue weighted by Gasteiger charge is 2.20. The van der Waals surface area contributed by atoms with Gasteiger partial charge in [-0.3, -0.25) is 4.79 Å². The molecule has 34 heavy (non-hydrogen) atoms. The smallest absolute Gasteiger partial charge is 0.310 e. The van der Waals surface area contributed by atoms with Crippen LogP contribution in [-0.2, 0) is 22.4 Å². The predicted octanol–water partition coefficient (Wildman–Crippen LogP) is 4.17. The summed E-state index contributed by atoms with van der Waals surface area (Å²) in [5.74, 6) is 0.0393. The van der Waals surface area contributed by atoms with Crippen LogP contribution in [0, 0.1) is 11.3 Å². The lowest BCUT2D eigenvalue weighted by Crippen LogP contribution is -2.46. The fourth-order valence-corrected chi connectivity index (χ4v) is 3.84. The highest BCUT2D eigenvalue weighted by molar-refractivity contribution is 5.83. The van der Waals surface area contributed by atoms with Crippen molar-refractivity contribution >= 4 is 16.7 Å². The number of rotatable bonds is 11. The van der Waals surface area contributed by atoms with Gasteiger partial charge in [0, 0.05) is 12.1 Å². The number of nitrogens with zero attached hydrogens (tertiary/aromatic N) is 1. The molecule has 6 heteroatoms. The highest BCUT2D eigenvalue weighted by atomic mass is 16.5. The summed E-state index contributed by atoms with van der Waals surface area (Å²) in [5, 5.41) is 25.7. The normalized spacial score (nSPS) is 12.2. The van der Waals surface area contributed by atoms with Crippen molar-refractivity contribution < 1.29 is 19.4 Å². The second-order valence-electron chi connectivity index (χ2n) is 9.01. The number of fused-ring (bicyclic) bond motifs is 1. The third-order valence-corrected chi connectivity index (χ3v) is 5.53. The number of ether oxygens (including phenoxy) is 2. The van der Waals surface area contributed by atoms with Crippen LogP contribution in [0.2, 0.25) is 0 Å². The molecule has 0 unspecified atom stereocenters. The molecule has 0 aliphatic carbocycles. The first-order valence-electron chi connectivity index (χ1n) is 11.5. The second-order valence-corrected chi connectivity index (χ2v) is 9.01. The number of aliphatic hydroxyl groups is 1. The fourth-order valence-electron chi connectivity index (χ4n) is 3.84. The number of hydrogen-bond acceptors (Lipinski definition) is 6. The molecule has 3 rings (SSSR count). The van der Waals surface area contributed by atoms with Crippen LogP contribution >= 0.6 is 0 Å². The first kappa shape index (κ1) is 25.2. The van der Waals surface area contributed by atoms with Gasteiger partial charge in [0.15, 0.2) is 0 Å². The van der Waals surface area contributed by atoms with Gasteiger partial charge in [-0.05, 0) is 61.2 Å². The second kappa shape index (κ2) is 11.6. The molecular formula is C28H32N2O4. The van der Waals surface area contributed by atoms with Crippen LogP contribution in [-0.4, -0.2) is 42.5 Å². The summed E-state index contributed by atoms with van der Waals surface area (Å²) in [4.78, 5) is 11.7. The van der Waals surface area contributed by atoms with E-state index in [0.29, 0.717) is 30.0 Å². The van der Waals surface area contributed by atoms with E-state index in [9.17, 15) is 15.2 Å². The summed E-state index contributed by atoms with van der Waals surface area (Å²) in [6.07, 6.45) is 0.162. The van der Waals surface area contributed by atoms with Gasteiger partial charge in [0.05, 0.1) is 18.6 Å². The molecular weight excluding hydrogens is 428 g/mol. The maximum atomic E-state index is 11.7. The lowest BCUT2D eigenvalue weighted by Gasteiger charge is -2.28. The Kier molecular flexibility index (Phi) is 8.64. The van der Waals surface area contributed by atoms with Gasteiger partial charge in [0.25, 0.3) is 0 Å². The Balaban J connectivity index is 1.51. The molecule has 0 saturated carbocycles. The number of benzene rings is 3. The number of esters is 1. The molecule has 0 saturated heterocycles. The monoisotopic (exact) mass is 460 g/mol. The van der Waals surface area contributed by atoms with Crippen LogP contribution in [0.4, 0.5) is 0 Å². The standard InChI is InChI=1S/C28H32N2O4/c1-4-33-27(32)15-20-10-12-26(24(13-20)17-29)34-19-25(31)18-30-28(2,3)16-21-9-11-22-7-5-6-8-23(22)14-21/h5-14,25,30-31H,4,15-16,18-19H2,1-3H3/t25-/m1/s1. The Morgan fingerprint density at radius 3 is 2.56 bits per heavy atom. The predicted molar refractivity (Wildman–Crippen MR) is 133 cm³/mol. The number of β-amino-alcohol motifs (C(OH)–C–C–N with tert-alkyl or cyclic N) is 1. The molecule has 0 aliphatic rings. The number of aliphatic hydroxyl groups excluding tert-OH is 1. The lowest BCUT2D eigenvalue weighted by molar-refractivity contribution is -0.142. The van der Waals surface area contributed by atoms with Gasteiger partial charge in [-0.15, -0.1) is 0 Å². The van der Waals surface area contributed by atoms with Gasteiger partial charge < -0.3 is 19.9 Å².